The Hall–Kier alpha value is -2.14. The van der Waals surface area contributed by atoms with Crippen molar-refractivity contribution < 1.29 is 4.79 Å². The van der Waals surface area contributed by atoms with Gasteiger partial charge in [-0.2, -0.15) is 0 Å². The highest BCUT2D eigenvalue weighted by Gasteiger charge is 2.17. The first kappa shape index (κ1) is 14.3. The van der Waals surface area contributed by atoms with Crippen molar-refractivity contribution in [3.63, 3.8) is 0 Å². The fourth-order valence-electron chi connectivity index (χ4n) is 2.14. The molecule has 2 aromatic rings. The quantitative estimate of drug-likeness (QED) is 0.783. The number of aromatic amines is 1. The standard InChI is InChI=1S/C15H19N3O2/c1-9(2)13(8-16)18-15(20)11-7-14(19)17-12-6-4-3-5-10(11)12/h3-7,9,13H,8,16H2,1-2H3,(H,17,19)(H,18,20). The van der Waals surface area contributed by atoms with Gasteiger partial charge >= 0.3 is 0 Å². The Bertz CT molecular complexity index is 676. The molecule has 5 heteroatoms. The summed E-state index contributed by atoms with van der Waals surface area (Å²) in [6, 6.07) is 8.45. The van der Waals surface area contributed by atoms with Gasteiger partial charge in [0.05, 0.1) is 5.56 Å². The summed E-state index contributed by atoms with van der Waals surface area (Å²) in [7, 11) is 0. The summed E-state index contributed by atoms with van der Waals surface area (Å²) in [6.45, 7) is 4.35. The van der Waals surface area contributed by atoms with E-state index in [2.05, 4.69) is 10.3 Å². The third-order valence-electron chi connectivity index (χ3n) is 3.37. The van der Waals surface area contributed by atoms with Crippen LogP contribution >= 0.6 is 0 Å². The first-order valence-electron chi connectivity index (χ1n) is 6.66. The van der Waals surface area contributed by atoms with Crippen molar-refractivity contribution in [1.29, 1.82) is 0 Å². The first-order chi connectivity index (χ1) is 9.52. The number of rotatable bonds is 4. The Labute approximate surface area is 117 Å². The summed E-state index contributed by atoms with van der Waals surface area (Å²) in [5.41, 5.74) is 6.40. The lowest BCUT2D eigenvalue weighted by Gasteiger charge is -2.20. The van der Waals surface area contributed by atoms with Crippen LogP contribution in [0.15, 0.2) is 35.1 Å². The van der Waals surface area contributed by atoms with E-state index in [9.17, 15) is 9.59 Å². The summed E-state index contributed by atoms with van der Waals surface area (Å²) < 4.78 is 0. The molecule has 0 saturated carbocycles. The van der Waals surface area contributed by atoms with E-state index in [1.54, 1.807) is 6.07 Å². The van der Waals surface area contributed by atoms with Crippen LogP contribution in [0.25, 0.3) is 10.9 Å². The van der Waals surface area contributed by atoms with E-state index in [1.165, 1.54) is 6.07 Å². The van der Waals surface area contributed by atoms with Crippen molar-refractivity contribution in [3.05, 3.63) is 46.2 Å². The number of hydrogen-bond donors (Lipinski definition) is 3. The van der Waals surface area contributed by atoms with Crippen molar-refractivity contribution in [2.75, 3.05) is 6.54 Å². The van der Waals surface area contributed by atoms with E-state index in [0.717, 1.165) is 5.39 Å². The summed E-state index contributed by atoms with van der Waals surface area (Å²) >= 11 is 0. The minimum atomic E-state index is -0.289. The Morgan fingerprint density at radius 1 is 1.35 bits per heavy atom. The number of pyridine rings is 1. The fourth-order valence-corrected chi connectivity index (χ4v) is 2.14. The second kappa shape index (κ2) is 5.88. The van der Waals surface area contributed by atoms with Gasteiger partial charge in [0.15, 0.2) is 0 Å². The molecule has 0 aliphatic heterocycles. The van der Waals surface area contributed by atoms with E-state index in [-0.39, 0.29) is 23.4 Å². The summed E-state index contributed by atoms with van der Waals surface area (Å²) in [6.07, 6.45) is 0. The van der Waals surface area contributed by atoms with Crippen LogP contribution < -0.4 is 16.6 Å². The van der Waals surface area contributed by atoms with Crippen LogP contribution in [0.3, 0.4) is 0 Å². The highest BCUT2D eigenvalue weighted by atomic mass is 16.2. The number of para-hydroxylation sites is 1. The first-order valence-corrected chi connectivity index (χ1v) is 6.66. The molecule has 0 bridgehead atoms. The van der Waals surface area contributed by atoms with Gasteiger partial charge in [0, 0.05) is 29.6 Å². The second-order valence-corrected chi connectivity index (χ2v) is 5.15. The number of nitrogens with one attached hydrogen (secondary N) is 2. The molecule has 106 valence electrons. The van der Waals surface area contributed by atoms with Crippen molar-refractivity contribution >= 4 is 16.8 Å². The number of amides is 1. The lowest BCUT2D eigenvalue weighted by Crippen LogP contribution is -2.43. The molecule has 1 aromatic heterocycles. The molecule has 4 N–H and O–H groups in total. The molecule has 0 aliphatic rings. The number of fused-ring (bicyclic) bond motifs is 1. The molecule has 20 heavy (non-hydrogen) atoms. The predicted molar refractivity (Wildman–Crippen MR) is 79.7 cm³/mol. The van der Waals surface area contributed by atoms with E-state index in [0.29, 0.717) is 17.6 Å². The van der Waals surface area contributed by atoms with E-state index in [4.69, 9.17) is 5.73 Å². The smallest absolute Gasteiger partial charge is 0.252 e. The molecule has 0 saturated heterocycles. The van der Waals surface area contributed by atoms with E-state index < -0.39 is 0 Å². The van der Waals surface area contributed by atoms with E-state index in [1.807, 2.05) is 32.0 Å². The molecule has 0 aliphatic carbocycles. The van der Waals surface area contributed by atoms with Gasteiger partial charge in [-0.15, -0.1) is 0 Å². The molecule has 1 heterocycles. The normalized spacial score (nSPS) is 12.6. The van der Waals surface area contributed by atoms with Crippen LogP contribution in [0.2, 0.25) is 0 Å². The third-order valence-corrected chi connectivity index (χ3v) is 3.37. The number of carbonyl (C=O) groups excluding carboxylic acids is 1. The molecule has 1 atom stereocenters. The molecule has 0 radical (unpaired) electrons. The maximum atomic E-state index is 12.4. The molecule has 0 spiro atoms. The van der Waals surface area contributed by atoms with Gasteiger partial charge in [0.1, 0.15) is 0 Å². The highest BCUT2D eigenvalue weighted by molar-refractivity contribution is 6.06. The van der Waals surface area contributed by atoms with Crippen LogP contribution in [0.1, 0.15) is 24.2 Å². The second-order valence-electron chi connectivity index (χ2n) is 5.15. The van der Waals surface area contributed by atoms with Gasteiger partial charge in [0.25, 0.3) is 5.91 Å². The number of carbonyl (C=O) groups is 1. The number of aromatic nitrogens is 1. The maximum Gasteiger partial charge on any atom is 0.252 e. The minimum Gasteiger partial charge on any atom is -0.348 e. The van der Waals surface area contributed by atoms with Gasteiger partial charge in [0.2, 0.25) is 5.56 Å². The zero-order valence-electron chi connectivity index (χ0n) is 11.6. The SMILES string of the molecule is CC(C)C(CN)NC(=O)c1cc(=O)[nH]c2ccccc12. The average molecular weight is 273 g/mol. The van der Waals surface area contributed by atoms with Crippen LogP contribution in [0.4, 0.5) is 0 Å². The van der Waals surface area contributed by atoms with Crippen LogP contribution in [0, 0.1) is 5.92 Å². The number of H-pyrrole nitrogens is 1. The highest BCUT2D eigenvalue weighted by Crippen LogP contribution is 2.15. The zero-order valence-corrected chi connectivity index (χ0v) is 11.6. The molecule has 2 rings (SSSR count). The maximum absolute atomic E-state index is 12.4. The Balaban J connectivity index is 2.42. The molecule has 0 fully saturated rings. The largest absolute Gasteiger partial charge is 0.348 e. The van der Waals surface area contributed by atoms with Gasteiger partial charge in [-0.3, -0.25) is 9.59 Å². The topological polar surface area (TPSA) is 88.0 Å². The number of nitrogens with two attached hydrogens (primary N) is 1. The lowest BCUT2D eigenvalue weighted by molar-refractivity contribution is 0.0929. The minimum absolute atomic E-state index is 0.111. The van der Waals surface area contributed by atoms with Gasteiger partial charge in [-0.1, -0.05) is 32.0 Å². The molecular formula is C15H19N3O2. The van der Waals surface area contributed by atoms with Crippen LogP contribution in [-0.2, 0) is 0 Å². The van der Waals surface area contributed by atoms with Crippen LogP contribution in [-0.4, -0.2) is 23.5 Å². The predicted octanol–water partition coefficient (Wildman–Crippen LogP) is 1.24. The monoisotopic (exact) mass is 273 g/mol. The van der Waals surface area contributed by atoms with Crippen molar-refractivity contribution in [2.45, 2.75) is 19.9 Å². The van der Waals surface area contributed by atoms with Crippen LogP contribution in [0.5, 0.6) is 0 Å². The average Bonchev–Trinajstić information content (AvgIpc) is 2.43. The Kier molecular flexibility index (Phi) is 4.20. The van der Waals surface area contributed by atoms with Gasteiger partial charge in [-0.05, 0) is 12.0 Å². The van der Waals surface area contributed by atoms with Crippen molar-refractivity contribution in [3.8, 4) is 0 Å². The summed E-state index contributed by atoms with van der Waals surface area (Å²) in [4.78, 5) is 26.7. The summed E-state index contributed by atoms with van der Waals surface area (Å²) in [5, 5.41) is 3.61. The zero-order chi connectivity index (χ0) is 14.7. The Morgan fingerprint density at radius 3 is 2.70 bits per heavy atom. The lowest BCUT2D eigenvalue weighted by atomic mass is 10.0. The van der Waals surface area contributed by atoms with Gasteiger partial charge in [-0.25, -0.2) is 0 Å². The molecule has 1 unspecified atom stereocenters. The molecule has 1 aromatic carbocycles. The number of benzene rings is 1. The molecule has 5 nitrogen and oxygen atoms in total. The summed E-state index contributed by atoms with van der Waals surface area (Å²) in [5.74, 6) is -0.0336. The van der Waals surface area contributed by atoms with Gasteiger partial charge < -0.3 is 16.0 Å². The molecule has 1 amide bonds. The van der Waals surface area contributed by atoms with E-state index >= 15 is 0 Å². The fraction of sp³-hybridized carbons (Fsp3) is 0.333. The van der Waals surface area contributed by atoms with Crippen molar-refractivity contribution in [1.82, 2.24) is 10.3 Å². The van der Waals surface area contributed by atoms with Crippen molar-refractivity contribution in [2.24, 2.45) is 11.7 Å². The Morgan fingerprint density at radius 2 is 2.05 bits per heavy atom. The third kappa shape index (κ3) is 2.88. The molecular weight excluding hydrogens is 254 g/mol. The number of hydrogen-bond acceptors (Lipinski definition) is 3.